The van der Waals surface area contributed by atoms with Gasteiger partial charge in [0, 0.05) is 6.54 Å². The molecule has 0 amide bonds. The average molecular weight is 169 g/mol. The van der Waals surface area contributed by atoms with E-state index in [0.29, 0.717) is 0 Å². The van der Waals surface area contributed by atoms with Crippen LogP contribution < -0.4 is 56.5 Å². The Bertz CT molecular complexity index is 62.6. The summed E-state index contributed by atoms with van der Waals surface area (Å²) in [6, 6.07) is 0. The Kier molecular flexibility index (Phi) is 12.2. The van der Waals surface area contributed by atoms with Gasteiger partial charge in [-0.05, 0) is 25.9 Å². The first-order chi connectivity index (χ1) is 4.29. The Morgan fingerprint density at radius 3 is 2.00 bits per heavy atom. The predicted molar refractivity (Wildman–Crippen MR) is 37.2 cm³/mol. The van der Waals surface area contributed by atoms with Crippen molar-refractivity contribution in [1.29, 1.82) is 0 Å². The van der Waals surface area contributed by atoms with Gasteiger partial charge in [-0.15, -0.1) is 0 Å². The minimum Gasteiger partial charge on any atom is -0.857 e. The van der Waals surface area contributed by atoms with Gasteiger partial charge in [0.2, 0.25) is 0 Å². The van der Waals surface area contributed by atoms with Crippen molar-refractivity contribution in [2.24, 2.45) is 5.92 Å². The van der Waals surface area contributed by atoms with Crippen LogP contribution in [0.4, 0.5) is 0 Å². The first-order valence-electron chi connectivity index (χ1n) is 3.38. The van der Waals surface area contributed by atoms with Crippen molar-refractivity contribution in [2.75, 3.05) is 27.2 Å². The van der Waals surface area contributed by atoms with Crippen LogP contribution in [-0.4, -0.2) is 32.1 Å². The van der Waals surface area contributed by atoms with Gasteiger partial charge in [0.15, 0.2) is 0 Å². The summed E-state index contributed by atoms with van der Waals surface area (Å²) in [4.78, 5) is 2.38. The molecule has 1 rings (SSSR count). The Balaban J connectivity index is 0. The molecule has 1 atom stereocenters. The first-order valence-corrected chi connectivity index (χ1v) is 3.38. The molecule has 1 saturated heterocycles. The van der Waals surface area contributed by atoms with Crippen LogP contribution in [0, 0.1) is 5.92 Å². The molecule has 1 unspecified atom stereocenters. The van der Waals surface area contributed by atoms with E-state index in [4.69, 9.17) is 5.11 Å². The molecule has 56 valence electrons. The molecule has 0 N–H and O–H groups in total. The second kappa shape index (κ2) is 8.65. The Hall–Kier alpha value is 1.56. The largest absolute Gasteiger partial charge is 1.00 e. The van der Waals surface area contributed by atoms with Crippen LogP contribution in [0.3, 0.4) is 0 Å². The van der Waals surface area contributed by atoms with E-state index in [0.717, 1.165) is 13.0 Å². The third-order valence-corrected chi connectivity index (χ3v) is 1.63. The molecule has 3 heteroatoms. The maximum atomic E-state index is 8.25. The SMILES string of the molecule is CC1CCN(C)C1.C[O-].[K+]. The van der Waals surface area contributed by atoms with Crippen LogP contribution in [0.15, 0.2) is 0 Å². The number of rotatable bonds is 0. The molecule has 1 aliphatic rings. The van der Waals surface area contributed by atoms with Crippen molar-refractivity contribution in [2.45, 2.75) is 13.3 Å². The fourth-order valence-corrected chi connectivity index (χ4v) is 1.16. The van der Waals surface area contributed by atoms with E-state index in [9.17, 15) is 0 Å². The number of hydrogen-bond donors (Lipinski definition) is 0. The molecule has 0 spiro atoms. The predicted octanol–water partition coefficient (Wildman–Crippen LogP) is -3.06. The van der Waals surface area contributed by atoms with Crippen molar-refractivity contribution in [3.05, 3.63) is 0 Å². The van der Waals surface area contributed by atoms with Gasteiger partial charge in [-0.1, -0.05) is 6.92 Å². The zero-order chi connectivity index (χ0) is 7.28. The van der Waals surface area contributed by atoms with Crippen LogP contribution in [0.1, 0.15) is 13.3 Å². The van der Waals surface area contributed by atoms with Crippen molar-refractivity contribution in [3.63, 3.8) is 0 Å². The summed E-state index contributed by atoms with van der Waals surface area (Å²) >= 11 is 0. The van der Waals surface area contributed by atoms with E-state index >= 15 is 0 Å². The second-order valence-electron chi connectivity index (χ2n) is 2.66. The first kappa shape index (κ1) is 14.1. The standard InChI is InChI=1S/C6H13N.CH3O.K/c1-6-3-4-7(2)5-6;1-2;/h6H,3-5H2,1-2H3;1H3;/q;-1;+1. The Morgan fingerprint density at radius 1 is 1.40 bits per heavy atom. The zero-order valence-electron chi connectivity index (χ0n) is 7.55. The normalized spacial score (nSPS) is 24.6. The molecule has 1 aliphatic heterocycles. The third kappa shape index (κ3) is 6.28. The van der Waals surface area contributed by atoms with Gasteiger partial charge >= 0.3 is 51.4 Å². The van der Waals surface area contributed by atoms with Crippen molar-refractivity contribution < 1.29 is 56.5 Å². The minimum atomic E-state index is 0. The Morgan fingerprint density at radius 2 is 1.90 bits per heavy atom. The van der Waals surface area contributed by atoms with Gasteiger partial charge in [-0.3, -0.25) is 0 Å². The van der Waals surface area contributed by atoms with Gasteiger partial charge in [-0.25, -0.2) is 0 Å². The van der Waals surface area contributed by atoms with Crippen molar-refractivity contribution >= 4 is 0 Å². The quantitative estimate of drug-likeness (QED) is 0.360. The fraction of sp³-hybridized carbons (Fsp3) is 1.00. The van der Waals surface area contributed by atoms with Crippen LogP contribution in [0.2, 0.25) is 0 Å². The summed E-state index contributed by atoms with van der Waals surface area (Å²) in [5.74, 6) is 0.949. The van der Waals surface area contributed by atoms with E-state index in [1.54, 1.807) is 0 Å². The van der Waals surface area contributed by atoms with Crippen molar-refractivity contribution in [3.8, 4) is 0 Å². The molecular weight excluding hydrogens is 153 g/mol. The van der Waals surface area contributed by atoms with Gasteiger partial charge in [0.25, 0.3) is 0 Å². The molecule has 10 heavy (non-hydrogen) atoms. The molecule has 0 aromatic carbocycles. The van der Waals surface area contributed by atoms with Crippen molar-refractivity contribution in [1.82, 2.24) is 4.90 Å². The molecular formula is C7H16KNO. The summed E-state index contributed by atoms with van der Waals surface area (Å²) in [6.45, 7) is 4.92. The van der Waals surface area contributed by atoms with E-state index in [1.807, 2.05) is 0 Å². The van der Waals surface area contributed by atoms with Gasteiger partial charge in [0.05, 0.1) is 0 Å². The third-order valence-electron chi connectivity index (χ3n) is 1.63. The fourth-order valence-electron chi connectivity index (χ4n) is 1.16. The maximum Gasteiger partial charge on any atom is 1.00 e. The number of nitrogens with zero attached hydrogens (tertiary/aromatic N) is 1. The summed E-state index contributed by atoms with van der Waals surface area (Å²) < 4.78 is 0. The number of hydrogen-bond acceptors (Lipinski definition) is 2. The molecule has 2 nitrogen and oxygen atoms in total. The molecule has 0 aromatic heterocycles. The van der Waals surface area contributed by atoms with Crippen LogP contribution >= 0.6 is 0 Å². The van der Waals surface area contributed by atoms with Crippen LogP contribution in [0.25, 0.3) is 0 Å². The van der Waals surface area contributed by atoms with Crippen LogP contribution in [-0.2, 0) is 0 Å². The molecule has 0 saturated carbocycles. The summed E-state index contributed by atoms with van der Waals surface area (Å²) in [5.41, 5.74) is 0. The van der Waals surface area contributed by atoms with Gasteiger partial charge in [0.1, 0.15) is 0 Å². The second-order valence-corrected chi connectivity index (χ2v) is 2.66. The molecule has 1 fully saturated rings. The minimum absolute atomic E-state index is 0. The zero-order valence-corrected chi connectivity index (χ0v) is 10.7. The topological polar surface area (TPSA) is 26.3 Å². The molecule has 0 aromatic rings. The van der Waals surface area contributed by atoms with E-state index in [2.05, 4.69) is 18.9 Å². The Labute approximate surface area is 106 Å². The molecule has 0 bridgehead atoms. The van der Waals surface area contributed by atoms with E-state index in [1.165, 1.54) is 19.5 Å². The van der Waals surface area contributed by atoms with Gasteiger partial charge < -0.3 is 10.0 Å². The summed E-state index contributed by atoms with van der Waals surface area (Å²) in [5, 5.41) is 8.25. The van der Waals surface area contributed by atoms with Gasteiger partial charge in [-0.2, -0.15) is 7.11 Å². The van der Waals surface area contributed by atoms with E-state index < -0.39 is 0 Å². The molecule has 0 radical (unpaired) electrons. The summed E-state index contributed by atoms with van der Waals surface area (Å²) in [6.07, 6.45) is 1.40. The van der Waals surface area contributed by atoms with Crippen LogP contribution in [0.5, 0.6) is 0 Å². The number of likely N-dealkylation sites (tertiary alicyclic amines) is 1. The molecule has 0 aliphatic carbocycles. The smallest absolute Gasteiger partial charge is 0.857 e. The van der Waals surface area contributed by atoms with E-state index in [-0.39, 0.29) is 51.4 Å². The average Bonchev–Trinajstić information content (AvgIpc) is 2.20. The monoisotopic (exact) mass is 169 g/mol. The maximum absolute atomic E-state index is 8.25. The summed E-state index contributed by atoms with van der Waals surface area (Å²) in [7, 11) is 2.93. The molecule has 1 heterocycles.